The molecule has 0 saturated heterocycles. The summed E-state index contributed by atoms with van der Waals surface area (Å²) in [6, 6.07) is 0. The summed E-state index contributed by atoms with van der Waals surface area (Å²) >= 11 is 0. The monoisotopic (exact) mass is 253 g/mol. The highest BCUT2D eigenvalue weighted by molar-refractivity contribution is 5.56. The molecule has 100 valence electrons. The number of hydrogen-bond donors (Lipinski definition) is 1. The van der Waals surface area contributed by atoms with Crippen LogP contribution >= 0.6 is 0 Å². The predicted molar refractivity (Wildman–Crippen MR) is 68.8 cm³/mol. The molecule has 1 fully saturated rings. The van der Waals surface area contributed by atoms with Gasteiger partial charge >= 0.3 is 0 Å². The molecular formula is C14H20FNO2. The van der Waals surface area contributed by atoms with Crippen molar-refractivity contribution in [2.45, 2.75) is 38.6 Å². The Balaban J connectivity index is 2.58. The van der Waals surface area contributed by atoms with Gasteiger partial charge in [-0.05, 0) is 38.7 Å². The molecule has 0 amide bonds. The van der Waals surface area contributed by atoms with Crippen LogP contribution in [0, 0.1) is 19.7 Å². The molecule has 0 spiro atoms. The predicted octanol–water partition coefficient (Wildman–Crippen LogP) is 2.49. The van der Waals surface area contributed by atoms with Crippen LogP contribution in [0.3, 0.4) is 0 Å². The number of ether oxygens (including phenoxy) is 2. The van der Waals surface area contributed by atoms with E-state index in [9.17, 15) is 4.39 Å². The fraction of sp³-hybridized carbons (Fsp3) is 0.571. The number of methoxy groups -OCH3 is 2. The molecule has 1 aromatic rings. The van der Waals surface area contributed by atoms with Crippen molar-refractivity contribution < 1.29 is 13.9 Å². The highest BCUT2D eigenvalue weighted by atomic mass is 19.1. The minimum absolute atomic E-state index is 0.190. The number of hydrogen-bond acceptors (Lipinski definition) is 3. The highest BCUT2D eigenvalue weighted by Crippen LogP contribution is 2.44. The first-order chi connectivity index (χ1) is 8.43. The lowest BCUT2D eigenvalue weighted by Crippen LogP contribution is -2.25. The molecule has 0 unspecified atom stereocenters. The molecule has 1 aliphatic carbocycles. The normalized spacial score (nSPS) is 16.6. The molecule has 0 heterocycles. The lowest BCUT2D eigenvalue weighted by atomic mass is 9.95. The summed E-state index contributed by atoms with van der Waals surface area (Å²) in [5.74, 6) is 0.859. The van der Waals surface area contributed by atoms with Crippen LogP contribution in [0.5, 0.6) is 11.5 Å². The van der Waals surface area contributed by atoms with E-state index in [1.807, 2.05) is 0 Å². The average molecular weight is 253 g/mol. The van der Waals surface area contributed by atoms with Gasteiger partial charge in [-0.25, -0.2) is 4.39 Å². The van der Waals surface area contributed by atoms with Gasteiger partial charge in [-0.2, -0.15) is 0 Å². The van der Waals surface area contributed by atoms with Crippen molar-refractivity contribution in [3.05, 3.63) is 22.5 Å². The minimum Gasteiger partial charge on any atom is -0.493 e. The van der Waals surface area contributed by atoms with E-state index in [1.165, 1.54) is 7.11 Å². The van der Waals surface area contributed by atoms with Gasteiger partial charge in [0.1, 0.15) is 5.82 Å². The van der Waals surface area contributed by atoms with E-state index in [-0.39, 0.29) is 11.4 Å². The van der Waals surface area contributed by atoms with Crippen molar-refractivity contribution >= 4 is 0 Å². The van der Waals surface area contributed by atoms with E-state index in [2.05, 4.69) is 0 Å². The number of rotatable bonds is 4. The zero-order valence-corrected chi connectivity index (χ0v) is 11.4. The van der Waals surface area contributed by atoms with Crippen LogP contribution in [0.15, 0.2) is 0 Å². The van der Waals surface area contributed by atoms with Gasteiger partial charge in [0.25, 0.3) is 0 Å². The molecule has 1 aromatic carbocycles. The van der Waals surface area contributed by atoms with Gasteiger partial charge in [-0.3, -0.25) is 0 Å². The summed E-state index contributed by atoms with van der Waals surface area (Å²) in [5, 5.41) is 0. The number of halogens is 1. The highest BCUT2D eigenvalue weighted by Gasteiger charge is 2.40. The molecule has 0 atom stereocenters. The molecule has 18 heavy (non-hydrogen) atoms. The largest absolute Gasteiger partial charge is 0.493 e. The molecule has 3 nitrogen and oxygen atoms in total. The molecule has 1 aliphatic rings. The van der Waals surface area contributed by atoms with Crippen LogP contribution in [-0.2, 0) is 6.42 Å². The summed E-state index contributed by atoms with van der Waals surface area (Å²) < 4.78 is 24.9. The lowest BCUT2D eigenvalue weighted by Gasteiger charge is -2.20. The number of benzene rings is 1. The Morgan fingerprint density at radius 1 is 1.11 bits per heavy atom. The van der Waals surface area contributed by atoms with E-state index < -0.39 is 0 Å². The smallest absolute Gasteiger partial charge is 0.166 e. The second-order valence-electron chi connectivity index (χ2n) is 5.15. The Kier molecular flexibility index (Phi) is 3.23. The van der Waals surface area contributed by atoms with Crippen LogP contribution in [-0.4, -0.2) is 19.8 Å². The first-order valence-corrected chi connectivity index (χ1v) is 6.12. The van der Waals surface area contributed by atoms with Gasteiger partial charge in [0.2, 0.25) is 0 Å². The summed E-state index contributed by atoms with van der Waals surface area (Å²) in [7, 11) is 3.10. The van der Waals surface area contributed by atoms with Gasteiger partial charge in [-0.1, -0.05) is 0 Å². The molecule has 2 rings (SSSR count). The van der Waals surface area contributed by atoms with Crippen molar-refractivity contribution in [2.75, 3.05) is 14.2 Å². The van der Waals surface area contributed by atoms with Crippen molar-refractivity contribution in [3.63, 3.8) is 0 Å². The standard InChI is InChI=1S/C14H20FNO2/c1-8-10(7-14(16)5-6-14)13(18-4)12(17-3)9(2)11(8)15/h5-7,16H2,1-4H3. The van der Waals surface area contributed by atoms with E-state index >= 15 is 0 Å². The topological polar surface area (TPSA) is 44.5 Å². The third kappa shape index (κ3) is 2.05. The zero-order chi connectivity index (χ0) is 13.5. The Labute approximate surface area is 107 Å². The van der Waals surface area contributed by atoms with Crippen molar-refractivity contribution in [2.24, 2.45) is 5.73 Å². The fourth-order valence-electron chi connectivity index (χ4n) is 2.35. The lowest BCUT2D eigenvalue weighted by molar-refractivity contribution is 0.344. The van der Waals surface area contributed by atoms with Crippen LogP contribution in [0.25, 0.3) is 0 Å². The molecule has 0 radical (unpaired) electrons. The van der Waals surface area contributed by atoms with Gasteiger partial charge in [0.05, 0.1) is 14.2 Å². The Morgan fingerprint density at radius 2 is 1.67 bits per heavy atom. The van der Waals surface area contributed by atoms with Crippen molar-refractivity contribution in [3.8, 4) is 11.5 Å². The third-order valence-electron chi connectivity index (χ3n) is 3.76. The average Bonchev–Trinajstić information content (AvgIpc) is 3.07. The maximum atomic E-state index is 14.2. The van der Waals surface area contributed by atoms with E-state index in [4.69, 9.17) is 15.2 Å². The number of nitrogens with two attached hydrogens (primary N) is 1. The van der Waals surface area contributed by atoms with E-state index in [0.717, 1.165) is 18.4 Å². The van der Waals surface area contributed by atoms with Gasteiger partial charge in [0.15, 0.2) is 11.5 Å². The van der Waals surface area contributed by atoms with Crippen molar-refractivity contribution in [1.29, 1.82) is 0 Å². The first kappa shape index (κ1) is 13.1. The molecule has 0 aliphatic heterocycles. The molecule has 4 heteroatoms. The SMILES string of the molecule is COc1c(C)c(F)c(C)c(CC2(N)CC2)c1OC. The van der Waals surface area contributed by atoms with Crippen LogP contribution in [0.4, 0.5) is 4.39 Å². The second-order valence-corrected chi connectivity index (χ2v) is 5.15. The summed E-state index contributed by atoms with van der Waals surface area (Å²) in [4.78, 5) is 0. The Hall–Kier alpha value is -1.29. The molecular weight excluding hydrogens is 233 g/mol. The molecule has 2 N–H and O–H groups in total. The molecule has 1 saturated carbocycles. The first-order valence-electron chi connectivity index (χ1n) is 6.12. The summed E-state index contributed by atoms with van der Waals surface area (Å²) in [6.07, 6.45) is 2.59. The van der Waals surface area contributed by atoms with Crippen LogP contribution < -0.4 is 15.2 Å². The molecule has 0 aromatic heterocycles. The van der Waals surface area contributed by atoms with E-state index in [1.54, 1.807) is 21.0 Å². The second kappa shape index (κ2) is 4.43. The van der Waals surface area contributed by atoms with Gasteiger partial charge in [-0.15, -0.1) is 0 Å². The zero-order valence-electron chi connectivity index (χ0n) is 11.4. The minimum atomic E-state index is -0.230. The Morgan fingerprint density at radius 3 is 2.11 bits per heavy atom. The molecule has 0 bridgehead atoms. The maximum Gasteiger partial charge on any atom is 0.166 e. The van der Waals surface area contributed by atoms with E-state index in [0.29, 0.717) is 29.0 Å². The Bertz CT molecular complexity index is 481. The van der Waals surface area contributed by atoms with Crippen molar-refractivity contribution in [1.82, 2.24) is 0 Å². The van der Waals surface area contributed by atoms with Crippen LogP contribution in [0.2, 0.25) is 0 Å². The fourth-order valence-corrected chi connectivity index (χ4v) is 2.35. The maximum absolute atomic E-state index is 14.2. The quantitative estimate of drug-likeness (QED) is 0.896. The summed E-state index contributed by atoms with van der Waals surface area (Å²) in [6.45, 7) is 3.47. The van der Waals surface area contributed by atoms with Gasteiger partial charge in [0, 0.05) is 16.7 Å². The summed E-state index contributed by atoms with van der Waals surface area (Å²) in [5.41, 5.74) is 7.87. The third-order valence-corrected chi connectivity index (χ3v) is 3.76. The van der Waals surface area contributed by atoms with Gasteiger partial charge < -0.3 is 15.2 Å². The van der Waals surface area contributed by atoms with Crippen LogP contribution in [0.1, 0.15) is 29.5 Å².